The van der Waals surface area contributed by atoms with E-state index in [1.54, 1.807) is 6.20 Å². The van der Waals surface area contributed by atoms with Crippen molar-refractivity contribution in [1.82, 2.24) is 29.4 Å². The van der Waals surface area contributed by atoms with Crippen LogP contribution in [-0.4, -0.2) is 47.6 Å². The van der Waals surface area contributed by atoms with Gasteiger partial charge in [-0.2, -0.15) is 0 Å². The summed E-state index contributed by atoms with van der Waals surface area (Å²) in [5.74, 6) is 0. The van der Waals surface area contributed by atoms with E-state index in [1.165, 1.54) is 17.0 Å². The number of piperidine rings is 1. The summed E-state index contributed by atoms with van der Waals surface area (Å²) in [7, 11) is 0. The van der Waals surface area contributed by atoms with Gasteiger partial charge in [0.25, 0.3) is 0 Å². The Morgan fingerprint density at radius 2 is 2.04 bits per heavy atom. The van der Waals surface area contributed by atoms with Crippen molar-refractivity contribution in [2.75, 3.05) is 13.1 Å². The average Bonchev–Trinajstić information content (AvgIpc) is 3.28. The van der Waals surface area contributed by atoms with Crippen molar-refractivity contribution in [3.8, 4) is 5.69 Å². The molecule has 0 radical (unpaired) electrons. The van der Waals surface area contributed by atoms with Gasteiger partial charge in [-0.1, -0.05) is 5.21 Å². The predicted molar refractivity (Wildman–Crippen MR) is 103 cm³/mol. The van der Waals surface area contributed by atoms with E-state index < -0.39 is 0 Å². The lowest BCUT2D eigenvalue weighted by atomic mass is 10.0. The van der Waals surface area contributed by atoms with Crippen LogP contribution in [-0.2, 0) is 13.2 Å². The maximum Gasteiger partial charge on any atom is 0.108 e. The highest BCUT2D eigenvalue weighted by Gasteiger charge is 2.23. The van der Waals surface area contributed by atoms with Gasteiger partial charge < -0.3 is 9.67 Å². The molecule has 142 valence electrons. The maximum atomic E-state index is 9.16. The fourth-order valence-corrected chi connectivity index (χ4v) is 4.02. The highest BCUT2D eigenvalue weighted by atomic mass is 16.3. The molecule has 0 atom stereocenters. The average molecular weight is 366 g/mol. The van der Waals surface area contributed by atoms with E-state index in [-0.39, 0.29) is 6.61 Å². The van der Waals surface area contributed by atoms with Crippen molar-refractivity contribution < 1.29 is 5.11 Å². The SMILES string of the molecule is Cc1cc(CN2CCC(n3cc(CO)nn3)CC2)c(C)n1-c1cccnc1. The number of aliphatic hydroxyl groups is 1. The zero-order chi connectivity index (χ0) is 18.8. The lowest BCUT2D eigenvalue weighted by Crippen LogP contribution is -2.34. The van der Waals surface area contributed by atoms with Crippen LogP contribution in [0.1, 0.15) is 41.5 Å². The summed E-state index contributed by atoms with van der Waals surface area (Å²) in [6.45, 7) is 7.33. The highest BCUT2D eigenvalue weighted by molar-refractivity contribution is 5.39. The van der Waals surface area contributed by atoms with Crippen molar-refractivity contribution in [3.05, 3.63) is 59.4 Å². The molecule has 1 saturated heterocycles. The molecule has 0 bridgehead atoms. The smallest absolute Gasteiger partial charge is 0.108 e. The van der Waals surface area contributed by atoms with Crippen LogP contribution >= 0.6 is 0 Å². The predicted octanol–water partition coefficient (Wildman–Crippen LogP) is 2.41. The summed E-state index contributed by atoms with van der Waals surface area (Å²) in [5, 5.41) is 17.3. The molecule has 3 aromatic heterocycles. The largest absolute Gasteiger partial charge is 0.390 e. The van der Waals surface area contributed by atoms with Gasteiger partial charge in [0.15, 0.2) is 0 Å². The number of rotatable bonds is 5. The minimum Gasteiger partial charge on any atom is -0.390 e. The summed E-state index contributed by atoms with van der Waals surface area (Å²) in [4.78, 5) is 6.76. The van der Waals surface area contributed by atoms with Crippen LogP contribution in [0, 0.1) is 13.8 Å². The second-order valence-corrected chi connectivity index (χ2v) is 7.30. The van der Waals surface area contributed by atoms with Gasteiger partial charge in [-0.3, -0.25) is 9.88 Å². The first-order valence-electron chi connectivity index (χ1n) is 9.48. The Hall–Kier alpha value is -2.51. The molecule has 1 N–H and O–H groups in total. The third kappa shape index (κ3) is 3.65. The van der Waals surface area contributed by atoms with Gasteiger partial charge in [-0.05, 0) is 50.5 Å². The number of pyridine rings is 1. The number of aliphatic hydroxyl groups excluding tert-OH is 1. The lowest BCUT2D eigenvalue weighted by Gasteiger charge is -2.31. The van der Waals surface area contributed by atoms with Crippen LogP contribution in [0.3, 0.4) is 0 Å². The Labute approximate surface area is 159 Å². The second-order valence-electron chi connectivity index (χ2n) is 7.30. The van der Waals surface area contributed by atoms with E-state index in [4.69, 9.17) is 5.11 Å². The summed E-state index contributed by atoms with van der Waals surface area (Å²) < 4.78 is 4.19. The number of likely N-dealkylation sites (tertiary alicyclic amines) is 1. The van der Waals surface area contributed by atoms with Gasteiger partial charge in [0.2, 0.25) is 0 Å². The fraction of sp³-hybridized carbons (Fsp3) is 0.450. The van der Waals surface area contributed by atoms with Crippen molar-refractivity contribution in [1.29, 1.82) is 0 Å². The summed E-state index contributed by atoms with van der Waals surface area (Å²) >= 11 is 0. The third-order valence-corrected chi connectivity index (χ3v) is 5.48. The molecule has 0 saturated carbocycles. The van der Waals surface area contributed by atoms with E-state index >= 15 is 0 Å². The molecule has 7 nitrogen and oxygen atoms in total. The molecule has 7 heteroatoms. The van der Waals surface area contributed by atoms with Crippen LogP contribution in [0.5, 0.6) is 0 Å². The molecule has 0 amide bonds. The topological polar surface area (TPSA) is 72.0 Å². The standard InChI is InChI=1S/C20H26N6O/c1-15-10-17(16(2)26(15)20-4-3-7-21-11-20)12-24-8-5-19(6-9-24)25-13-18(14-27)22-23-25/h3-4,7,10-11,13,19,27H,5-6,8-9,12,14H2,1-2H3. The molecule has 0 unspecified atom stereocenters. The minimum atomic E-state index is -0.0502. The van der Waals surface area contributed by atoms with E-state index in [9.17, 15) is 0 Å². The van der Waals surface area contributed by atoms with Crippen molar-refractivity contribution in [2.45, 2.75) is 45.9 Å². The number of hydrogen-bond donors (Lipinski definition) is 1. The number of aryl methyl sites for hydroxylation is 1. The Morgan fingerprint density at radius 1 is 1.22 bits per heavy atom. The van der Waals surface area contributed by atoms with E-state index in [1.807, 2.05) is 23.1 Å². The summed E-state index contributed by atoms with van der Waals surface area (Å²) in [5.41, 5.74) is 5.65. The molecule has 0 spiro atoms. The van der Waals surface area contributed by atoms with E-state index in [2.05, 4.69) is 50.7 Å². The molecular weight excluding hydrogens is 340 g/mol. The Kier molecular flexibility index (Phi) is 5.05. The molecule has 1 aliphatic heterocycles. The zero-order valence-corrected chi connectivity index (χ0v) is 15.9. The molecule has 1 aliphatic rings. The van der Waals surface area contributed by atoms with Crippen LogP contribution < -0.4 is 0 Å². The first-order valence-corrected chi connectivity index (χ1v) is 9.48. The number of nitrogens with zero attached hydrogens (tertiary/aromatic N) is 6. The van der Waals surface area contributed by atoms with Crippen molar-refractivity contribution in [2.24, 2.45) is 0 Å². The highest BCUT2D eigenvalue weighted by Crippen LogP contribution is 2.26. The van der Waals surface area contributed by atoms with Crippen LogP contribution in [0.2, 0.25) is 0 Å². The first-order chi connectivity index (χ1) is 13.2. The third-order valence-electron chi connectivity index (χ3n) is 5.48. The second kappa shape index (κ2) is 7.62. The van der Waals surface area contributed by atoms with Crippen molar-refractivity contribution in [3.63, 3.8) is 0 Å². The molecular formula is C20H26N6O. The molecule has 1 fully saturated rings. The quantitative estimate of drug-likeness (QED) is 0.751. The maximum absolute atomic E-state index is 9.16. The lowest BCUT2D eigenvalue weighted by molar-refractivity contribution is 0.172. The Balaban J connectivity index is 1.42. The van der Waals surface area contributed by atoms with Crippen LogP contribution in [0.25, 0.3) is 5.69 Å². The zero-order valence-electron chi connectivity index (χ0n) is 15.9. The van der Waals surface area contributed by atoms with E-state index in [0.29, 0.717) is 11.7 Å². The monoisotopic (exact) mass is 366 g/mol. The molecule has 0 aromatic carbocycles. The van der Waals surface area contributed by atoms with Gasteiger partial charge in [0, 0.05) is 37.2 Å². The van der Waals surface area contributed by atoms with Crippen LogP contribution in [0.15, 0.2) is 36.8 Å². The number of hydrogen-bond acceptors (Lipinski definition) is 5. The summed E-state index contributed by atoms with van der Waals surface area (Å²) in [6.07, 6.45) is 7.68. The fourth-order valence-electron chi connectivity index (χ4n) is 4.02. The number of aromatic nitrogens is 5. The van der Waals surface area contributed by atoms with Crippen LogP contribution in [0.4, 0.5) is 0 Å². The van der Waals surface area contributed by atoms with Gasteiger partial charge in [-0.15, -0.1) is 5.10 Å². The van der Waals surface area contributed by atoms with Gasteiger partial charge in [0.05, 0.1) is 30.7 Å². The van der Waals surface area contributed by atoms with Gasteiger partial charge >= 0.3 is 0 Å². The normalized spacial score (nSPS) is 16.1. The molecule has 27 heavy (non-hydrogen) atoms. The Bertz CT molecular complexity index is 893. The van der Waals surface area contributed by atoms with E-state index in [0.717, 1.165) is 38.2 Å². The molecule has 0 aliphatic carbocycles. The van der Waals surface area contributed by atoms with Crippen molar-refractivity contribution >= 4 is 0 Å². The molecule has 4 rings (SSSR count). The van der Waals surface area contributed by atoms with Gasteiger partial charge in [0.1, 0.15) is 5.69 Å². The molecule has 4 heterocycles. The minimum absolute atomic E-state index is 0.0502. The summed E-state index contributed by atoms with van der Waals surface area (Å²) in [6, 6.07) is 6.74. The Morgan fingerprint density at radius 3 is 2.70 bits per heavy atom. The van der Waals surface area contributed by atoms with Gasteiger partial charge in [-0.25, -0.2) is 4.68 Å². The molecule has 3 aromatic rings. The first kappa shape index (κ1) is 17.9.